The highest BCUT2D eigenvalue weighted by molar-refractivity contribution is 9.10. The lowest BCUT2D eigenvalue weighted by molar-refractivity contribution is 0.102. The van der Waals surface area contributed by atoms with Crippen LogP contribution in [0.1, 0.15) is 15.9 Å². The van der Waals surface area contributed by atoms with Gasteiger partial charge in [0.1, 0.15) is 11.1 Å². The average Bonchev–Trinajstić information content (AvgIpc) is 2.85. The van der Waals surface area contributed by atoms with Crippen molar-refractivity contribution in [1.82, 2.24) is 9.78 Å². The molecule has 0 spiro atoms. The van der Waals surface area contributed by atoms with Crippen LogP contribution in [0.4, 0.5) is 5.69 Å². The molecular formula is C15H12BrN3O3. The van der Waals surface area contributed by atoms with Crippen molar-refractivity contribution in [3.8, 4) is 0 Å². The molecule has 2 aromatic heterocycles. The number of hydrogen-bond donors (Lipinski definition) is 1. The number of aryl methyl sites for hydroxylation is 2. The molecule has 0 atom stereocenters. The van der Waals surface area contributed by atoms with Gasteiger partial charge in [-0.2, -0.15) is 5.10 Å². The molecule has 0 fully saturated rings. The van der Waals surface area contributed by atoms with Gasteiger partial charge in [-0.25, -0.2) is 4.79 Å². The fraction of sp³-hybridized carbons (Fsp3) is 0.133. The largest absolute Gasteiger partial charge is 0.422 e. The van der Waals surface area contributed by atoms with Gasteiger partial charge in [-0.3, -0.25) is 9.48 Å². The molecule has 1 N–H and O–H groups in total. The Balaban J connectivity index is 2.09. The van der Waals surface area contributed by atoms with Gasteiger partial charge in [-0.15, -0.1) is 0 Å². The number of anilines is 1. The lowest BCUT2D eigenvalue weighted by Gasteiger charge is -2.07. The number of halogens is 1. The quantitative estimate of drug-likeness (QED) is 0.712. The summed E-state index contributed by atoms with van der Waals surface area (Å²) in [7, 11) is 1.74. The first-order valence-corrected chi connectivity index (χ1v) is 7.28. The molecule has 3 aromatic rings. The summed E-state index contributed by atoms with van der Waals surface area (Å²) in [6.07, 6.45) is 3.15. The molecule has 0 bridgehead atoms. The van der Waals surface area contributed by atoms with E-state index in [1.54, 1.807) is 37.0 Å². The van der Waals surface area contributed by atoms with E-state index in [1.807, 2.05) is 6.07 Å². The molecule has 1 aromatic carbocycles. The number of carbonyl (C=O) groups is 1. The van der Waals surface area contributed by atoms with Gasteiger partial charge in [0, 0.05) is 23.1 Å². The van der Waals surface area contributed by atoms with Crippen molar-refractivity contribution >= 4 is 38.5 Å². The van der Waals surface area contributed by atoms with Gasteiger partial charge in [0.05, 0.1) is 11.9 Å². The first kappa shape index (κ1) is 14.5. The second kappa shape index (κ2) is 5.42. The highest BCUT2D eigenvalue weighted by Crippen LogP contribution is 2.23. The van der Waals surface area contributed by atoms with Crippen LogP contribution in [-0.4, -0.2) is 15.7 Å². The standard InChI is InChI=1S/C15H12BrN3O3/c1-8-11-5-9(16)3-4-12(11)22-15(21)13(8)14(20)18-10-6-17-19(2)7-10/h3-7H,1-2H3,(H,18,20). The van der Waals surface area contributed by atoms with Gasteiger partial charge in [-0.05, 0) is 30.7 Å². The normalized spacial score (nSPS) is 10.9. The molecule has 2 heterocycles. The lowest BCUT2D eigenvalue weighted by Crippen LogP contribution is -2.22. The van der Waals surface area contributed by atoms with E-state index < -0.39 is 11.5 Å². The summed E-state index contributed by atoms with van der Waals surface area (Å²) in [6, 6.07) is 5.28. The van der Waals surface area contributed by atoms with E-state index in [0.717, 1.165) is 4.47 Å². The smallest absolute Gasteiger partial charge is 0.349 e. The number of nitrogens with one attached hydrogen (secondary N) is 1. The predicted molar refractivity (Wildman–Crippen MR) is 86.1 cm³/mol. The minimum absolute atomic E-state index is 0.00514. The predicted octanol–water partition coefficient (Wildman–Crippen LogP) is 2.85. The van der Waals surface area contributed by atoms with Crippen molar-refractivity contribution in [2.45, 2.75) is 6.92 Å². The zero-order valence-electron chi connectivity index (χ0n) is 11.9. The SMILES string of the molecule is Cc1c(C(=O)Nc2cnn(C)c2)c(=O)oc2ccc(Br)cc12. The number of rotatable bonds is 2. The third-order valence-electron chi connectivity index (χ3n) is 3.32. The zero-order valence-corrected chi connectivity index (χ0v) is 13.5. The summed E-state index contributed by atoms with van der Waals surface area (Å²) in [5.74, 6) is -0.513. The van der Waals surface area contributed by atoms with E-state index in [2.05, 4.69) is 26.3 Å². The highest BCUT2D eigenvalue weighted by atomic mass is 79.9. The Morgan fingerprint density at radius 3 is 2.86 bits per heavy atom. The van der Waals surface area contributed by atoms with Crippen molar-refractivity contribution in [3.63, 3.8) is 0 Å². The Bertz CT molecular complexity index is 943. The fourth-order valence-corrected chi connectivity index (χ4v) is 2.63. The molecule has 6 nitrogen and oxygen atoms in total. The minimum atomic E-state index is -0.659. The molecule has 0 unspecified atom stereocenters. The topological polar surface area (TPSA) is 77.1 Å². The minimum Gasteiger partial charge on any atom is -0.422 e. The van der Waals surface area contributed by atoms with Crippen LogP contribution in [-0.2, 0) is 7.05 Å². The summed E-state index contributed by atoms with van der Waals surface area (Å²) in [5.41, 5.74) is 0.876. The highest BCUT2D eigenvalue weighted by Gasteiger charge is 2.19. The molecule has 22 heavy (non-hydrogen) atoms. The molecule has 0 saturated heterocycles. The van der Waals surface area contributed by atoms with E-state index in [0.29, 0.717) is 22.2 Å². The summed E-state index contributed by atoms with van der Waals surface area (Å²) in [4.78, 5) is 24.5. The molecule has 7 heteroatoms. The molecule has 0 saturated carbocycles. The van der Waals surface area contributed by atoms with Crippen LogP contribution < -0.4 is 10.9 Å². The van der Waals surface area contributed by atoms with Crippen LogP contribution in [0.25, 0.3) is 11.0 Å². The summed E-state index contributed by atoms with van der Waals surface area (Å²) in [6.45, 7) is 1.73. The Morgan fingerprint density at radius 1 is 1.41 bits per heavy atom. The van der Waals surface area contributed by atoms with Gasteiger partial charge in [0.2, 0.25) is 0 Å². The number of benzene rings is 1. The molecule has 3 rings (SSSR count). The number of nitrogens with zero attached hydrogens (tertiary/aromatic N) is 2. The van der Waals surface area contributed by atoms with Gasteiger partial charge >= 0.3 is 5.63 Å². The Hall–Kier alpha value is -2.41. The van der Waals surface area contributed by atoms with E-state index in [9.17, 15) is 9.59 Å². The van der Waals surface area contributed by atoms with E-state index in [4.69, 9.17) is 4.42 Å². The van der Waals surface area contributed by atoms with E-state index in [1.165, 1.54) is 6.20 Å². The third-order valence-corrected chi connectivity index (χ3v) is 3.81. The van der Waals surface area contributed by atoms with Crippen molar-refractivity contribution in [3.05, 3.63) is 56.6 Å². The maximum atomic E-state index is 12.4. The van der Waals surface area contributed by atoms with Gasteiger partial charge in [0.15, 0.2) is 0 Å². The summed E-state index contributed by atoms with van der Waals surface area (Å²) >= 11 is 3.37. The van der Waals surface area contributed by atoms with Crippen molar-refractivity contribution in [2.24, 2.45) is 7.05 Å². The Kier molecular flexibility index (Phi) is 3.58. The fourth-order valence-electron chi connectivity index (χ4n) is 2.27. The number of fused-ring (bicyclic) bond motifs is 1. The molecule has 1 amide bonds. The van der Waals surface area contributed by atoms with Crippen molar-refractivity contribution in [1.29, 1.82) is 0 Å². The first-order valence-electron chi connectivity index (χ1n) is 6.48. The van der Waals surface area contributed by atoms with Crippen LogP contribution in [0.15, 0.2) is 44.3 Å². The Morgan fingerprint density at radius 2 is 2.18 bits per heavy atom. The number of carbonyl (C=O) groups excluding carboxylic acids is 1. The lowest BCUT2D eigenvalue weighted by atomic mass is 10.1. The van der Waals surface area contributed by atoms with Gasteiger partial charge in [0.25, 0.3) is 5.91 Å². The molecule has 0 aliphatic carbocycles. The molecule has 0 aliphatic heterocycles. The second-order valence-electron chi connectivity index (χ2n) is 4.89. The third kappa shape index (κ3) is 2.55. The van der Waals surface area contributed by atoms with Crippen LogP contribution >= 0.6 is 15.9 Å². The molecular weight excluding hydrogens is 350 g/mol. The van der Waals surface area contributed by atoms with Crippen molar-refractivity contribution < 1.29 is 9.21 Å². The summed E-state index contributed by atoms with van der Waals surface area (Å²) in [5, 5.41) is 7.32. The Labute approximate surface area is 133 Å². The van der Waals surface area contributed by atoms with E-state index >= 15 is 0 Å². The van der Waals surface area contributed by atoms with Crippen LogP contribution in [0, 0.1) is 6.92 Å². The first-order chi connectivity index (χ1) is 10.5. The number of hydrogen-bond acceptors (Lipinski definition) is 4. The zero-order chi connectivity index (χ0) is 15.9. The van der Waals surface area contributed by atoms with Crippen LogP contribution in [0.5, 0.6) is 0 Å². The maximum Gasteiger partial charge on any atom is 0.349 e. The summed E-state index contributed by atoms with van der Waals surface area (Å²) < 4.78 is 7.64. The molecule has 0 aliphatic rings. The van der Waals surface area contributed by atoms with Gasteiger partial charge < -0.3 is 9.73 Å². The maximum absolute atomic E-state index is 12.4. The average molecular weight is 362 g/mol. The molecule has 112 valence electrons. The number of amides is 1. The van der Waals surface area contributed by atoms with Crippen LogP contribution in [0.2, 0.25) is 0 Å². The van der Waals surface area contributed by atoms with Gasteiger partial charge in [-0.1, -0.05) is 15.9 Å². The molecule has 0 radical (unpaired) electrons. The van der Waals surface area contributed by atoms with E-state index in [-0.39, 0.29) is 5.56 Å². The number of aromatic nitrogens is 2. The van der Waals surface area contributed by atoms with Crippen LogP contribution in [0.3, 0.4) is 0 Å². The van der Waals surface area contributed by atoms with Crippen molar-refractivity contribution in [2.75, 3.05) is 5.32 Å². The second-order valence-corrected chi connectivity index (χ2v) is 5.80. The monoisotopic (exact) mass is 361 g/mol.